The van der Waals surface area contributed by atoms with E-state index in [2.05, 4.69) is 5.32 Å². The predicted molar refractivity (Wildman–Crippen MR) is 168 cm³/mol. The van der Waals surface area contributed by atoms with Crippen LogP contribution in [0.4, 0.5) is 22.0 Å². The normalized spacial score (nSPS) is 15.0. The van der Waals surface area contributed by atoms with E-state index in [1.165, 1.54) is 19.1 Å². The molecule has 254 valence electrons. The summed E-state index contributed by atoms with van der Waals surface area (Å²) in [6.07, 6.45) is -3.43. The van der Waals surface area contributed by atoms with Crippen LogP contribution in [0.25, 0.3) is 11.1 Å². The fraction of sp³-hybridized carbons (Fsp3) is 0.457. The van der Waals surface area contributed by atoms with Crippen molar-refractivity contribution < 1.29 is 36.6 Å². The topological polar surface area (TPSA) is 91.6 Å². The molecule has 1 fully saturated rings. The third-order valence-electron chi connectivity index (χ3n) is 8.62. The molecule has 2 aromatic carbocycles. The number of halogens is 5. The van der Waals surface area contributed by atoms with Gasteiger partial charge in [0.2, 0.25) is 5.91 Å². The number of likely N-dealkylation sites (tertiary alicyclic amines) is 1. The number of pyridine rings is 1. The molecule has 3 aromatic rings. The Morgan fingerprint density at radius 3 is 2.23 bits per heavy atom. The molecule has 1 saturated heterocycles. The number of amides is 1. The number of hydrogen-bond acceptors (Lipinski definition) is 4. The van der Waals surface area contributed by atoms with Crippen molar-refractivity contribution >= 4 is 11.9 Å². The second kappa shape index (κ2) is 14.4. The molecule has 7 nitrogen and oxygen atoms in total. The molecule has 1 amide bonds. The highest BCUT2D eigenvalue weighted by Crippen LogP contribution is 2.34. The maximum absolute atomic E-state index is 15.7. The summed E-state index contributed by atoms with van der Waals surface area (Å²) in [5, 5.41) is 12.4. The van der Waals surface area contributed by atoms with Crippen LogP contribution in [-0.4, -0.2) is 46.1 Å². The second-order valence-electron chi connectivity index (χ2n) is 12.8. The molecule has 4 rings (SSSR count). The molecule has 0 bridgehead atoms. The summed E-state index contributed by atoms with van der Waals surface area (Å²) in [4.78, 5) is 41.1. The molecular weight excluding hydrogens is 621 g/mol. The number of alkyl halides is 3. The zero-order valence-electron chi connectivity index (χ0n) is 27.1. The van der Waals surface area contributed by atoms with Crippen LogP contribution in [0.1, 0.15) is 78.6 Å². The van der Waals surface area contributed by atoms with Crippen LogP contribution in [0.3, 0.4) is 0 Å². The summed E-state index contributed by atoms with van der Waals surface area (Å²) in [7, 11) is 0. The molecule has 2 atom stereocenters. The highest BCUT2D eigenvalue weighted by molar-refractivity contribution is 5.82. The van der Waals surface area contributed by atoms with Gasteiger partial charge >= 0.3 is 12.1 Å². The summed E-state index contributed by atoms with van der Waals surface area (Å²) < 4.78 is 72.8. The van der Waals surface area contributed by atoms with Gasteiger partial charge in [-0.1, -0.05) is 13.8 Å². The number of aromatic nitrogens is 1. The van der Waals surface area contributed by atoms with Crippen LogP contribution in [0.2, 0.25) is 0 Å². The minimum absolute atomic E-state index is 0.00629. The lowest BCUT2D eigenvalue weighted by Gasteiger charge is -2.31. The molecule has 12 heteroatoms. The van der Waals surface area contributed by atoms with Crippen molar-refractivity contribution in [2.75, 3.05) is 19.6 Å². The molecule has 0 spiro atoms. The number of aliphatic carboxylic acids is 1. The van der Waals surface area contributed by atoms with Crippen molar-refractivity contribution in [3.63, 3.8) is 0 Å². The molecule has 1 aliphatic heterocycles. The van der Waals surface area contributed by atoms with Gasteiger partial charge in [0.25, 0.3) is 5.56 Å². The second-order valence-corrected chi connectivity index (χ2v) is 12.8. The number of rotatable bonds is 12. The number of nitrogens with zero attached hydrogens (tertiary/aromatic N) is 2. The molecule has 47 heavy (non-hydrogen) atoms. The van der Waals surface area contributed by atoms with Gasteiger partial charge in [0, 0.05) is 24.4 Å². The number of carbonyl (C=O) groups excluding carboxylic acids is 1. The smallest absolute Gasteiger partial charge is 0.416 e. The van der Waals surface area contributed by atoms with Crippen LogP contribution in [0.5, 0.6) is 0 Å². The zero-order valence-corrected chi connectivity index (χ0v) is 27.1. The Kier molecular flexibility index (Phi) is 10.9. The number of carboxylic acids is 1. The number of benzene rings is 2. The van der Waals surface area contributed by atoms with E-state index in [0.717, 1.165) is 30.3 Å². The fourth-order valence-electron chi connectivity index (χ4n) is 5.95. The molecule has 1 aliphatic rings. The average molecular weight is 662 g/mol. The largest absolute Gasteiger partial charge is 0.481 e. The maximum atomic E-state index is 15.7. The number of carbonyl (C=O) groups is 2. The Hall–Kier alpha value is -4.06. The maximum Gasteiger partial charge on any atom is 0.416 e. The molecule has 0 radical (unpaired) electrons. The van der Waals surface area contributed by atoms with E-state index in [4.69, 9.17) is 0 Å². The van der Waals surface area contributed by atoms with Gasteiger partial charge in [-0.25, -0.2) is 8.78 Å². The minimum Gasteiger partial charge on any atom is -0.481 e. The quantitative estimate of drug-likeness (QED) is 0.206. The SMILES string of the molecule is Cc1cc(-c2cc(C)c(F)c([C@H](CC(=O)O)NC(=O)C(CC(C)C)n3cc(CCN4CCC4)c(C(F)(F)F)cc3=O)c2)c(C)cc1F. The van der Waals surface area contributed by atoms with E-state index >= 15 is 4.39 Å². The first kappa shape index (κ1) is 35.8. The lowest BCUT2D eigenvalue weighted by molar-refractivity contribution is -0.139. The van der Waals surface area contributed by atoms with Gasteiger partial charge in [-0.05, 0) is 117 Å². The lowest BCUT2D eigenvalue weighted by Crippen LogP contribution is -2.41. The molecule has 0 aliphatic carbocycles. The van der Waals surface area contributed by atoms with Crippen molar-refractivity contribution in [3.8, 4) is 11.1 Å². The summed E-state index contributed by atoms with van der Waals surface area (Å²) in [6, 6.07) is 3.69. The average Bonchev–Trinajstić information content (AvgIpc) is 2.93. The minimum atomic E-state index is -4.78. The zero-order chi connectivity index (χ0) is 34.8. The van der Waals surface area contributed by atoms with Gasteiger partial charge in [0.05, 0.1) is 18.0 Å². The number of carboxylic acid groups (broad SMARTS) is 1. The van der Waals surface area contributed by atoms with Crippen LogP contribution in [0.15, 0.2) is 41.3 Å². The summed E-state index contributed by atoms with van der Waals surface area (Å²) >= 11 is 0. The Bertz CT molecular complexity index is 1710. The van der Waals surface area contributed by atoms with Crippen LogP contribution in [0, 0.1) is 38.3 Å². The molecule has 0 saturated carbocycles. The fourth-order valence-corrected chi connectivity index (χ4v) is 5.95. The number of hydrogen-bond donors (Lipinski definition) is 2. The van der Waals surface area contributed by atoms with Crippen molar-refractivity contribution in [1.29, 1.82) is 0 Å². The Balaban J connectivity index is 1.77. The molecular formula is C35H40F5N3O4. The summed E-state index contributed by atoms with van der Waals surface area (Å²) in [5.74, 6) is -3.55. The standard InChI is InChI=1S/C35H40F5N3O4/c1-19(2)11-30(43-18-23(7-10-42-8-6-9-42)27(16-31(43)44)35(38,39)40)34(47)41-29(17-32(45)46)26-15-24(12-22(5)33(26)37)25-13-21(4)28(36)14-20(25)3/h12-16,18-19,29-30H,6-11,17H2,1-5H3,(H,41,47)(H,45,46)/t29-,30?/m0/s1. The first-order chi connectivity index (χ1) is 22.0. The van der Waals surface area contributed by atoms with E-state index in [-0.39, 0.29) is 35.4 Å². The van der Waals surface area contributed by atoms with Crippen LogP contribution in [-0.2, 0) is 22.2 Å². The van der Waals surface area contributed by atoms with E-state index < -0.39 is 59.3 Å². The Morgan fingerprint density at radius 1 is 0.979 bits per heavy atom. The third-order valence-corrected chi connectivity index (χ3v) is 8.62. The number of nitrogens with one attached hydrogen (secondary N) is 1. The molecule has 1 aromatic heterocycles. The van der Waals surface area contributed by atoms with Gasteiger partial charge in [-0.3, -0.25) is 14.4 Å². The van der Waals surface area contributed by atoms with E-state index in [1.807, 2.05) is 4.90 Å². The van der Waals surface area contributed by atoms with E-state index in [9.17, 15) is 37.1 Å². The molecule has 2 heterocycles. The molecule has 1 unspecified atom stereocenters. The van der Waals surface area contributed by atoms with Crippen molar-refractivity contribution in [3.05, 3.63) is 91.9 Å². The van der Waals surface area contributed by atoms with Crippen LogP contribution < -0.4 is 10.9 Å². The van der Waals surface area contributed by atoms with Gasteiger partial charge in [0.1, 0.15) is 17.7 Å². The Labute approximate surface area is 270 Å². The van der Waals surface area contributed by atoms with E-state index in [1.54, 1.807) is 39.8 Å². The summed E-state index contributed by atoms with van der Waals surface area (Å²) in [5.41, 5.74) is -0.212. The van der Waals surface area contributed by atoms with Crippen LogP contribution >= 0.6 is 0 Å². The van der Waals surface area contributed by atoms with Gasteiger partial charge in [-0.2, -0.15) is 13.2 Å². The molecule has 2 N–H and O–H groups in total. The summed E-state index contributed by atoms with van der Waals surface area (Å²) in [6.45, 7) is 10.2. The monoisotopic (exact) mass is 661 g/mol. The number of aryl methyl sites for hydroxylation is 3. The van der Waals surface area contributed by atoms with Crippen molar-refractivity contribution in [2.45, 2.75) is 78.6 Å². The first-order valence-corrected chi connectivity index (χ1v) is 15.6. The third kappa shape index (κ3) is 8.46. The van der Waals surface area contributed by atoms with Crippen molar-refractivity contribution in [1.82, 2.24) is 14.8 Å². The van der Waals surface area contributed by atoms with Gasteiger partial charge in [-0.15, -0.1) is 0 Å². The van der Waals surface area contributed by atoms with E-state index in [0.29, 0.717) is 34.9 Å². The first-order valence-electron chi connectivity index (χ1n) is 15.6. The lowest BCUT2D eigenvalue weighted by atomic mass is 9.91. The van der Waals surface area contributed by atoms with Gasteiger partial charge < -0.3 is 19.9 Å². The highest BCUT2D eigenvalue weighted by atomic mass is 19.4. The highest BCUT2D eigenvalue weighted by Gasteiger charge is 2.36. The van der Waals surface area contributed by atoms with Crippen molar-refractivity contribution in [2.24, 2.45) is 5.92 Å². The van der Waals surface area contributed by atoms with Gasteiger partial charge in [0.15, 0.2) is 0 Å². The Morgan fingerprint density at radius 2 is 1.66 bits per heavy atom. The predicted octanol–water partition coefficient (Wildman–Crippen LogP) is 6.91.